The number of nitrogens with zero attached hydrogens (tertiary/aromatic N) is 7. The fraction of sp³-hybridized carbons (Fsp3) is 0.346. The molecular formula is C26H26N8O. The average Bonchev–Trinajstić information content (AvgIpc) is 3.61. The molecule has 1 amide bonds. The second kappa shape index (κ2) is 7.94. The fourth-order valence-electron chi connectivity index (χ4n) is 5.95. The van der Waals surface area contributed by atoms with Crippen LogP contribution >= 0.6 is 0 Å². The van der Waals surface area contributed by atoms with Crippen LogP contribution in [0.1, 0.15) is 25.3 Å². The first-order valence-corrected chi connectivity index (χ1v) is 11.8. The Kier molecular flexibility index (Phi) is 4.85. The van der Waals surface area contributed by atoms with E-state index in [2.05, 4.69) is 51.6 Å². The largest absolute Gasteiger partial charge is 0.356 e. The van der Waals surface area contributed by atoms with Crippen LogP contribution in [0.3, 0.4) is 0 Å². The first-order valence-electron chi connectivity index (χ1n) is 11.8. The minimum atomic E-state index is -0.0891. The number of nitriles is 1. The summed E-state index contributed by atoms with van der Waals surface area (Å²) in [4.78, 5) is 18.1. The Hall–Kier alpha value is -4.19. The summed E-state index contributed by atoms with van der Waals surface area (Å²) in [5.41, 5.74) is 4.79. The van der Waals surface area contributed by atoms with E-state index in [0.29, 0.717) is 17.4 Å². The van der Waals surface area contributed by atoms with Crippen LogP contribution in [0.25, 0.3) is 27.9 Å². The van der Waals surface area contributed by atoms with Crippen molar-refractivity contribution in [3.8, 4) is 28.5 Å². The van der Waals surface area contributed by atoms with Crippen LogP contribution in [-0.4, -0.2) is 49.4 Å². The molecule has 4 aromatic heterocycles. The van der Waals surface area contributed by atoms with E-state index >= 15 is 0 Å². The predicted octanol–water partition coefficient (Wildman–Crippen LogP) is 3.02. The van der Waals surface area contributed by atoms with Crippen molar-refractivity contribution in [2.75, 3.05) is 18.0 Å². The van der Waals surface area contributed by atoms with Crippen molar-refractivity contribution >= 4 is 17.7 Å². The third-order valence-electron chi connectivity index (χ3n) is 7.53. The Morgan fingerprint density at radius 3 is 2.60 bits per heavy atom. The summed E-state index contributed by atoms with van der Waals surface area (Å²) >= 11 is 0. The van der Waals surface area contributed by atoms with Crippen LogP contribution in [0.5, 0.6) is 0 Å². The molecule has 1 aliphatic carbocycles. The summed E-state index contributed by atoms with van der Waals surface area (Å²) < 4.78 is 3.51. The number of hydrogen-bond donors (Lipinski definition) is 1. The van der Waals surface area contributed by atoms with Gasteiger partial charge in [-0.25, -0.2) is 9.50 Å². The molecule has 2 aliphatic rings. The Morgan fingerprint density at radius 1 is 1.17 bits per heavy atom. The molecule has 0 aromatic carbocycles. The second-order valence-corrected chi connectivity index (χ2v) is 10.0. The lowest BCUT2D eigenvalue weighted by molar-refractivity contribution is -0.111. The molecule has 1 saturated heterocycles. The van der Waals surface area contributed by atoms with Gasteiger partial charge in [-0.1, -0.05) is 0 Å². The monoisotopic (exact) mass is 466 g/mol. The zero-order valence-electron chi connectivity index (χ0n) is 19.7. The third kappa shape index (κ3) is 3.62. The van der Waals surface area contributed by atoms with E-state index in [-0.39, 0.29) is 5.54 Å². The SMILES string of the molecule is Cn1ccc(-c2cc(-c3ccc(N4C[C@@H]5CC(C)(NC=O)C[C@@H]5C4)nc3)c3c(C#N)cnn3c2)n1. The molecule has 1 N–H and O–H groups in total. The summed E-state index contributed by atoms with van der Waals surface area (Å²) in [6.07, 6.45) is 10.1. The molecule has 9 heteroatoms. The molecule has 6 rings (SSSR count). The van der Waals surface area contributed by atoms with E-state index < -0.39 is 0 Å². The van der Waals surface area contributed by atoms with Gasteiger partial charge in [-0.05, 0) is 55.9 Å². The van der Waals surface area contributed by atoms with Crippen molar-refractivity contribution in [1.29, 1.82) is 5.26 Å². The highest BCUT2D eigenvalue weighted by atomic mass is 16.1. The van der Waals surface area contributed by atoms with Crippen molar-refractivity contribution in [3.05, 3.63) is 54.6 Å². The van der Waals surface area contributed by atoms with E-state index in [9.17, 15) is 10.1 Å². The molecule has 0 radical (unpaired) electrons. The van der Waals surface area contributed by atoms with Gasteiger partial charge in [-0.2, -0.15) is 15.5 Å². The second-order valence-electron chi connectivity index (χ2n) is 10.0. The number of hydrogen-bond acceptors (Lipinski definition) is 6. The van der Waals surface area contributed by atoms with Crippen LogP contribution in [-0.2, 0) is 11.8 Å². The highest BCUT2D eigenvalue weighted by molar-refractivity contribution is 5.87. The van der Waals surface area contributed by atoms with E-state index in [4.69, 9.17) is 4.98 Å². The van der Waals surface area contributed by atoms with Gasteiger partial charge in [-0.3, -0.25) is 9.48 Å². The number of carbonyl (C=O) groups is 1. The molecular weight excluding hydrogens is 440 g/mol. The number of pyridine rings is 2. The highest BCUT2D eigenvalue weighted by Crippen LogP contribution is 2.44. The molecule has 35 heavy (non-hydrogen) atoms. The number of nitrogens with one attached hydrogen (secondary N) is 1. The van der Waals surface area contributed by atoms with Crippen molar-refractivity contribution in [1.82, 2.24) is 29.7 Å². The summed E-state index contributed by atoms with van der Waals surface area (Å²) in [6.45, 7) is 4.05. The number of aryl methyl sites for hydroxylation is 1. The summed E-state index contributed by atoms with van der Waals surface area (Å²) in [5, 5.41) is 21.6. The van der Waals surface area contributed by atoms with Gasteiger partial charge in [0.2, 0.25) is 6.41 Å². The molecule has 1 saturated carbocycles. The number of anilines is 1. The van der Waals surface area contributed by atoms with Gasteiger partial charge in [0, 0.05) is 61.0 Å². The Labute approximate surface area is 203 Å². The molecule has 5 heterocycles. The molecule has 3 atom stereocenters. The Morgan fingerprint density at radius 2 is 1.97 bits per heavy atom. The topological polar surface area (TPSA) is 104 Å². The summed E-state index contributed by atoms with van der Waals surface area (Å²) in [6, 6.07) is 10.4. The fourth-order valence-corrected chi connectivity index (χ4v) is 5.95. The third-order valence-corrected chi connectivity index (χ3v) is 7.53. The number of amides is 1. The van der Waals surface area contributed by atoms with Gasteiger partial charge in [0.25, 0.3) is 0 Å². The normalized spacial score (nSPS) is 23.4. The highest BCUT2D eigenvalue weighted by Gasteiger charge is 2.46. The predicted molar refractivity (Wildman–Crippen MR) is 131 cm³/mol. The smallest absolute Gasteiger partial charge is 0.207 e. The molecule has 9 nitrogen and oxygen atoms in total. The van der Waals surface area contributed by atoms with Gasteiger partial charge in [-0.15, -0.1) is 0 Å². The first kappa shape index (κ1) is 21.4. The molecule has 1 unspecified atom stereocenters. The van der Waals surface area contributed by atoms with Crippen molar-refractivity contribution < 1.29 is 4.79 Å². The summed E-state index contributed by atoms with van der Waals surface area (Å²) in [7, 11) is 1.89. The molecule has 4 aromatic rings. The quantitative estimate of drug-likeness (QED) is 0.454. The van der Waals surface area contributed by atoms with Crippen LogP contribution in [0.2, 0.25) is 0 Å². The first-order chi connectivity index (χ1) is 17.0. The average molecular weight is 467 g/mol. The zero-order valence-corrected chi connectivity index (χ0v) is 19.7. The lowest BCUT2D eigenvalue weighted by Gasteiger charge is -2.27. The van der Waals surface area contributed by atoms with Gasteiger partial charge < -0.3 is 10.2 Å². The van der Waals surface area contributed by atoms with Crippen LogP contribution in [0.15, 0.2) is 49.1 Å². The van der Waals surface area contributed by atoms with Crippen molar-refractivity contribution in [3.63, 3.8) is 0 Å². The lowest BCUT2D eigenvalue weighted by Crippen LogP contribution is -2.40. The van der Waals surface area contributed by atoms with Crippen molar-refractivity contribution in [2.24, 2.45) is 18.9 Å². The number of rotatable bonds is 5. The van der Waals surface area contributed by atoms with Gasteiger partial charge in [0.15, 0.2) is 0 Å². The minimum absolute atomic E-state index is 0.0891. The maximum Gasteiger partial charge on any atom is 0.207 e. The molecule has 176 valence electrons. The van der Waals surface area contributed by atoms with Crippen LogP contribution < -0.4 is 10.2 Å². The lowest BCUT2D eigenvalue weighted by atomic mass is 9.98. The van der Waals surface area contributed by atoms with Gasteiger partial charge in [0.1, 0.15) is 11.9 Å². The molecule has 1 aliphatic heterocycles. The molecule has 2 fully saturated rings. The minimum Gasteiger partial charge on any atom is -0.356 e. The standard InChI is InChI=1S/C26H26N8O/c1-26(29-16-35)8-19-13-33(14-20(19)9-26)24-4-3-17(11-28-24)22-7-18(23-5-6-32(2)31-23)15-34-25(22)21(10-27)12-30-34/h3-7,11-12,15-16,19-20H,8-9,13-14H2,1-2H3,(H,29,35)/t19-,20+,26?. The number of aromatic nitrogens is 5. The van der Waals surface area contributed by atoms with Crippen LogP contribution in [0.4, 0.5) is 5.82 Å². The zero-order chi connectivity index (χ0) is 24.2. The molecule has 0 bridgehead atoms. The van der Waals surface area contributed by atoms with Gasteiger partial charge in [0.05, 0.1) is 23.0 Å². The van der Waals surface area contributed by atoms with Gasteiger partial charge >= 0.3 is 0 Å². The van der Waals surface area contributed by atoms with Crippen molar-refractivity contribution in [2.45, 2.75) is 25.3 Å². The van der Waals surface area contributed by atoms with Crippen LogP contribution in [0, 0.1) is 23.2 Å². The van der Waals surface area contributed by atoms with E-state index in [1.165, 1.54) is 0 Å². The Balaban J connectivity index is 1.31. The maximum absolute atomic E-state index is 11.0. The Bertz CT molecular complexity index is 1450. The summed E-state index contributed by atoms with van der Waals surface area (Å²) in [5.74, 6) is 2.08. The maximum atomic E-state index is 11.0. The number of fused-ring (bicyclic) bond motifs is 2. The van der Waals surface area contributed by atoms with E-state index in [1.807, 2.05) is 31.7 Å². The van der Waals surface area contributed by atoms with E-state index in [1.54, 1.807) is 15.4 Å². The van der Waals surface area contributed by atoms with E-state index in [0.717, 1.165) is 66.1 Å². The number of carbonyl (C=O) groups excluding carboxylic acids is 1. The molecule has 0 spiro atoms.